The minimum absolute atomic E-state index is 0.168. The first-order valence-electron chi connectivity index (χ1n) is 7.15. The second-order valence-corrected chi connectivity index (χ2v) is 5.75. The van der Waals surface area contributed by atoms with Gasteiger partial charge in [-0.25, -0.2) is 0 Å². The number of hydrogen-bond acceptors (Lipinski definition) is 3. The zero-order valence-electron chi connectivity index (χ0n) is 12.8. The number of benzene rings is 1. The van der Waals surface area contributed by atoms with E-state index in [1.165, 1.54) is 5.56 Å². The maximum absolute atomic E-state index is 5.81. The van der Waals surface area contributed by atoms with Crippen molar-refractivity contribution in [1.82, 2.24) is 4.90 Å². The molecule has 3 nitrogen and oxygen atoms in total. The van der Waals surface area contributed by atoms with Crippen molar-refractivity contribution in [1.29, 1.82) is 0 Å². The van der Waals surface area contributed by atoms with Crippen molar-refractivity contribution in [2.24, 2.45) is 11.1 Å². The molecule has 0 aliphatic carbocycles. The Hall–Kier alpha value is -1.06. The summed E-state index contributed by atoms with van der Waals surface area (Å²) in [4.78, 5) is 2.43. The van der Waals surface area contributed by atoms with Crippen LogP contribution in [0.1, 0.15) is 33.3 Å². The van der Waals surface area contributed by atoms with Gasteiger partial charge in [-0.2, -0.15) is 0 Å². The summed E-state index contributed by atoms with van der Waals surface area (Å²) < 4.78 is 5.46. The molecule has 0 fully saturated rings. The van der Waals surface area contributed by atoms with Crippen LogP contribution in [0.15, 0.2) is 24.3 Å². The highest BCUT2D eigenvalue weighted by molar-refractivity contribution is 5.27. The zero-order valence-corrected chi connectivity index (χ0v) is 12.8. The number of rotatable bonds is 8. The van der Waals surface area contributed by atoms with Gasteiger partial charge in [0.25, 0.3) is 0 Å². The molecule has 19 heavy (non-hydrogen) atoms. The van der Waals surface area contributed by atoms with Crippen LogP contribution in [0.2, 0.25) is 0 Å². The fourth-order valence-electron chi connectivity index (χ4n) is 2.07. The van der Waals surface area contributed by atoms with E-state index in [0.29, 0.717) is 13.2 Å². The van der Waals surface area contributed by atoms with Crippen LogP contribution in [-0.4, -0.2) is 31.1 Å². The van der Waals surface area contributed by atoms with Gasteiger partial charge in [0, 0.05) is 13.1 Å². The van der Waals surface area contributed by atoms with E-state index in [1.807, 2.05) is 19.1 Å². The van der Waals surface area contributed by atoms with Crippen molar-refractivity contribution in [3.63, 3.8) is 0 Å². The number of nitrogens with two attached hydrogens (primary N) is 1. The summed E-state index contributed by atoms with van der Waals surface area (Å²) in [6.07, 6.45) is 0. The van der Waals surface area contributed by atoms with Crippen molar-refractivity contribution < 1.29 is 4.74 Å². The van der Waals surface area contributed by atoms with Crippen molar-refractivity contribution in [3.05, 3.63) is 29.8 Å². The molecule has 0 aliphatic rings. The molecule has 1 rings (SSSR count). The van der Waals surface area contributed by atoms with Crippen molar-refractivity contribution in [3.8, 4) is 5.75 Å². The van der Waals surface area contributed by atoms with Crippen LogP contribution in [0.25, 0.3) is 0 Å². The summed E-state index contributed by atoms with van der Waals surface area (Å²) in [5.41, 5.74) is 7.30. The molecule has 108 valence electrons. The molecule has 0 unspecified atom stereocenters. The van der Waals surface area contributed by atoms with Gasteiger partial charge >= 0.3 is 0 Å². The molecular weight excluding hydrogens is 236 g/mol. The number of ether oxygens (including phenoxy) is 1. The molecule has 0 bridgehead atoms. The second kappa shape index (κ2) is 7.51. The van der Waals surface area contributed by atoms with Crippen LogP contribution >= 0.6 is 0 Å². The summed E-state index contributed by atoms with van der Waals surface area (Å²) in [5.74, 6) is 0.941. The Balaban J connectivity index is 2.60. The van der Waals surface area contributed by atoms with Crippen LogP contribution < -0.4 is 10.5 Å². The number of nitrogens with zero attached hydrogens (tertiary/aromatic N) is 1. The molecular formula is C16H28N2O. The van der Waals surface area contributed by atoms with Gasteiger partial charge in [-0.1, -0.05) is 32.9 Å². The lowest BCUT2D eigenvalue weighted by molar-refractivity contribution is 0.183. The maximum atomic E-state index is 5.81. The molecule has 0 saturated carbocycles. The van der Waals surface area contributed by atoms with E-state index in [4.69, 9.17) is 10.5 Å². The van der Waals surface area contributed by atoms with E-state index < -0.39 is 0 Å². The van der Waals surface area contributed by atoms with Gasteiger partial charge in [-0.15, -0.1) is 0 Å². The van der Waals surface area contributed by atoms with Gasteiger partial charge in [0.1, 0.15) is 5.75 Å². The lowest BCUT2D eigenvalue weighted by Gasteiger charge is -2.31. The van der Waals surface area contributed by atoms with Crippen LogP contribution in [-0.2, 0) is 6.54 Å². The highest BCUT2D eigenvalue weighted by Gasteiger charge is 2.19. The molecule has 0 aliphatic heterocycles. The molecule has 2 N–H and O–H groups in total. The van der Waals surface area contributed by atoms with Gasteiger partial charge in [0.15, 0.2) is 0 Å². The monoisotopic (exact) mass is 264 g/mol. The van der Waals surface area contributed by atoms with Gasteiger partial charge in [-0.05, 0) is 43.1 Å². The number of hydrogen-bond donors (Lipinski definition) is 1. The molecule has 0 saturated heterocycles. The average Bonchev–Trinajstić information content (AvgIpc) is 2.40. The van der Waals surface area contributed by atoms with Crippen molar-refractivity contribution in [2.45, 2.75) is 34.2 Å². The molecule has 3 heteroatoms. The van der Waals surface area contributed by atoms with E-state index in [1.54, 1.807) is 0 Å². The summed E-state index contributed by atoms with van der Waals surface area (Å²) >= 11 is 0. The highest BCUT2D eigenvalue weighted by atomic mass is 16.5. The fraction of sp³-hybridized carbons (Fsp3) is 0.625. The summed E-state index contributed by atoms with van der Waals surface area (Å²) in [6.45, 7) is 13.1. The van der Waals surface area contributed by atoms with E-state index in [-0.39, 0.29) is 5.41 Å². The Kier molecular flexibility index (Phi) is 6.32. The first kappa shape index (κ1) is 16.0. The van der Waals surface area contributed by atoms with Crippen molar-refractivity contribution in [2.75, 3.05) is 26.2 Å². The van der Waals surface area contributed by atoms with Crippen LogP contribution in [0, 0.1) is 5.41 Å². The molecule has 1 aromatic carbocycles. The summed E-state index contributed by atoms with van der Waals surface area (Å²) in [6, 6.07) is 8.37. The van der Waals surface area contributed by atoms with Gasteiger partial charge in [0.2, 0.25) is 0 Å². The third-order valence-electron chi connectivity index (χ3n) is 3.29. The molecule has 0 spiro atoms. The minimum atomic E-state index is 0.168. The first-order valence-corrected chi connectivity index (χ1v) is 7.15. The molecule has 0 aromatic heterocycles. The standard InChI is InChI=1S/C16H28N2O/c1-5-18(13-16(3,4)12-17)11-14-7-9-15(10-8-14)19-6-2/h7-10H,5-6,11-13,17H2,1-4H3. The molecule has 1 aromatic rings. The topological polar surface area (TPSA) is 38.5 Å². The second-order valence-electron chi connectivity index (χ2n) is 5.75. The SMILES string of the molecule is CCOc1ccc(CN(CC)CC(C)(C)CN)cc1. The normalized spacial score (nSPS) is 11.9. The van der Waals surface area contributed by atoms with E-state index >= 15 is 0 Å². The lowest BCUT2D eigenvalue weighted by atomic mass is 9.93. The van der Waals surface area contributed by atoms with Crippen LogP contribution in [0.4, 0.5) is 0 Å². The summed E-state index contributed by atoms with van der Waals surface area (Å²) in [5, 5.41) is 0. The summed E-state index contributed by atoms with van der Waals surface area (Å²) in [7, 11) is 0. The minimum Gasteiger partial charge on any atom is -0.494 e. The smallest absolute Gasteiger partial charge is 0.119 e. The van der Waals surface area contributed by atoms with Gasteiger partial charge in [0.05, 0.1) is 6.61 Å². The highest BCUT2D eigenvalue weighted by Crippen LogP contribution is 2.18. The van der Waals surface area contributed by atoms with E-state index in [9.17, 15) is 0 Å². The predicted molar refractivity (Wildman–Crippen MR) is 81.4 cm³/mol. The van der Waals surface area contributed by atoms with Crippen LogP contribution in [0.5, 0.6) is 5.75 Å². The Morgan fingerprint density at radius 1 is 1.16 bits per heavy atom. The largest absolute Gasteiger partial charge is 0.494 e. The first-order chi connectivity index (χ1) is 9.00. The third-order valence-corrected chi connectivity index (χ3v) is 3.29. The Bertz CT molecular complexity index is 360. The van der Waals surface area contributed by atoms with Gasteiger partial charge < -0.3 is 10.5 Å². The molecule has 0 amide bonds. The predicted octanol–water partition coefficient (Wildman–Crippen LogP) is 2.89. The molecule has 0 radical (unpaired) electrons. The quantitative estimate of drug-likeness (QED) is 0.784. The van der Waals surface area contributed by atoms with Crippen molar-refractivity contribution >= 4 is 0 Å². The Morgan fingerprint density at radius 2 is 1.79 bits per heavy atom. The van der Waals surface area contributed by atoms with Crippen LogP contribution in [0.3, 0.4) is 0 Å². The average molecular weight is 264 g/mol. The molecule has 0 atom stereocenters. The third kappa shape index (κ3) is 5.62. The fourth-order valence-corrected chi connectivity index (χ4v) is 2.07. The van der Waals surface area contributed by atoms with E-state index in [2.05, 4.69) is 37.8 Å². The molecule has 0 heterocycles. The zero-order chi connectivity index (χ0) is 14.3. The Morgan fingerprint density at radius 3 is 2.26 bits per heavy atom. The Labute approximate surface area is 117 Å². The van der Waals surface area contributed by atoms with Gasteiger partial charge in [-0.3, -0.25) is 4.90 Å². The maximum Gasteiger partial charge on any atom is 0.119 e. The van der Waals surface area contributed by atoms with E-state index in [0.717, 1.165) is 25.4 Å². The lowest BCUT2D eigenvalue weighted by Crippen LogP contribution is -2.38.